The van der Waals surface area contributed by atoms with Crippen molar-refractivity contribution in [3.63, 3.8) is 0 Å². The molecular weight excluding hydrogens is 264 g/mol. The fourth-order valence-corrected chi connectivity index (χ4v) is 2.08. The van der Waals surface area contributed by atoms with Crippen LogP contribution in [0.1, 0.15) is 29.7 Å². The second-order valence-corrected chi connectivity index (χ2v) is 4.84. The van der Waals surface area contributed by atoms with Crippen LogP contribution in [-0.2, 0) is 6.54 Å². The number of rotatable bonds is 5. The summed E-state index contributed by atoms with van der Waals surface area (Å²) in [6.45, 7) is 2.64. The molecule has 2 aromatic carbocycles. The average Bonchev–Trinajstić information content (AvgIpc) is 2.53. The molecule has 0 bridgehead atoms. The predicted molar refractivity (Wildman–Crippen MR) is 81.1 cm³/mol. The minimum absolute atomic E-state index is 0.0178. The summed E-state index contributed by atoms with van der Waals surface area (Å²) in [5.41, 5.74) is 2.53. The van der Waals surface area contributed by atoms with Crippen LogP contribution in [0.15, 0.2) is 42.5 Å². The minimum atomic E-state index is -0.0178. The summed E-state index contributed by atoms with van der Waals surface area (Å²) in [4.78, 5) is 0. The lowest BCUT2D eigenvalue weighted by atomic mass is 10.1. The van der Waals surface area contributed by atoms with Gasteiger partial charge in [-0.1, -0.05) is 12.1 Å². The van der Waals surface area contributed by atoms with Gasteiger partial charge in [0.2, 0.25) is 0 Å². The zero-order valence-corrected chi connectivity index (χ0v) is 12.1. The van der Waals surface area contributed by atoms with E-state index in [1.54, 1.807) is 31.4 Å². The molecule has 0 aliphatic rings. The Hall–Kier alpha value is -2.51. The molecule has 0 radical (unpaired) electrons. The number of nitriles is 1. The second-order valence-electron chi connectivity index (χ2n) is 4.84. The Morgan fingerprint density at radius 1 is 1.24 bits per heavy atom. The highest BCUT2D eigenvalue weighted by molar-refractivity contribution is 5.41. The highest BCUT2D eigenvalue weighted by Crippen LogP contribution is 2.28. The van der Waals surface area contributed by atoms with Crippen molar-refractivity contribution in [2.75, 3.05) is 7.11 Å². The van der Waals surface area contributed by atoms with Gasteiger partial charge in [0.15, 0.2) is 0 Å². The van der Waals surface area contributed by atoms with Crippen molar-refractivity contribution >= 4 is 0 Å². The largest absolute Gasteiger partial charge is 0.508 e. The Balaban J connectivity index is 2.04. The number of phenolic OH excluding ortho intramolecular Hbond substituents is 1. The quantitative estimate of drug-likeness (QED) is 0.884. The van der Waals surface area contributed by atoms with Crippen LogP contribution in [-0.4, -0.2) is 12.2 Å². The van der Waals surface area contributed by atoms with Crippen molar-refractivity contribution in [2.45, 2.75) is 19.5 Å². The van der Waals surface area contributed by atoms with E-state index in [0.717, 1.165) is 16.9 Å². The van der Waals surface area contributed by atoms with E-state index in [0.29, 0.717) is 12.1 Å². The summed E-state index contributed by atoms with van der Waals surface area (Å²) in [7, 11) is 1.60. The molecule has 0 heterocycles. The molecule has 0 fully saturated rings. The zero-order chi connectivity index (χ0) is 15.2. The van der Waals surface area contributed by atoms with Crippen LogP contribution >= 0.6 is 0 Å². The predicted octanol–water partition coefficient (Wildman–Crippen LogP) is 3.12. The van der Waals surface area contributed by atoms with Gasteiger partial charge in [0.05, 0.1) is 18.7 Å². The number of nitrogens with one attached hydrogen (secondary N) is 1. The van der Waals surface area contributed by atoms with E-state index in [1.807, 2.05) is 25.1 Å². The number of ether oxygens (including phenoxy) is 1. The van der Waals surface area contributed by atoms with Crippen LogP contribution < -0.4 is 10.1 Å². The van der Waals surface area contributed by atoms with Gasteiger partial charge in [0.25, 0.3) is 0 Å². The molecule has 1 unspecified atom stereocenters. The molecular formula is C17H18N2O2. The summed E-state index contributed by atoms with van der Waals surface area (Å²) in [5.74, 6) is 0.963. The van der Waals surface area contributed by atoms with Gasteiger partial charge in [-0.3, -0.25) is 0 Å². The van der Waals surface area contributed by atoms with Gasteiger partial charge in [0, 0.05) is 18.2 Å². The third-order valence-corrected chi connectivity index (χ3v) is 3.40. The second kappa shape index (κ2) is 6.78. The van der Waals surface area contributed by atoms with Crippen molar-refractivity contribution in [3.8, 4) is 17.6 Å². The Morgan fingerprint density at radius 3 is 2.57 bits per heavy atom. The highest BCUT2D eigenvalue weighted by Gasteiger charge is 2.11. The standard InChI is InChI=1S/C17H18N2O2/c1-12(16-9-15(21-2)7-8-17(16)20)19-11-14-5-3-13(10-18)4-6-14/h3-9,12,19-20H,11H2,1-2H3. The van der Waals surface area contributed by atoms with Gasteiger partial charge < -0.3 is 15.2 Å². The summed E-state index contributed by atoms with van der Waals surface area (Å²) in [6, 6.07) is 14.7. The van der Waals surface area contributed by atoms with Gasteiger partial charge in [-0.15, -0.1) is 0 Å². The molecule has 1 atom stereocenters. The van der Waals surface area contributed by atoms with Gasteiger partial charge in [-0.2, -0.15) is 5.26 Å². The van der Waals surface area contributed by atoms with Gasteiger partial charge >= 0.3 is 0 Å². The molecule has 2 N–H and O–H groups in total. The first kappa shape index (κ1) is 14.9. The van der Waals surface area contributed by atoms with E-state index in [-0.39, 0.29) is 11.8 Å². The maximum absolute atomic E-state index is 9.93. The summed E-state index contributed by atoms with van der Waals surface area (Å²) >= 11 is 0. The molecule has 21 heavy (non-hydrogen) atoms. The molecule has 2 aromatic rings. The van der Waals surface area contributed by atoms with Crippen molar-refractivity contribution < 1.29 is 9.84 Å². The number of phenols is 1. The van der Waals surface area contributed by atoms with E-state index >= 15 is 0 Å². The Morgan fingerprint density at radius 2 is 1.95 bits per heavy atom. The summed E-state index contributed by atoms with van der Waals surface area (Å²) in [5, 5.41) is 22.1. The third-order valence-electron chi connectivity index (χ3n) is 3.40. The first-order chi connectivity index (χ1) is 10.1. The smallest absolute Gasteiger partial charge is 0.120 e. The normalized spacial score (nSPS) is 11.7. The number of aromatic hydroxyl groups is 1. The molecule has 0 aromatic heterocycles. The lowest BCUT2D eigenvalue weighted by Crippen LogP contribution is -2.18. The van der Waals surface area contributed by atoms with Gasteiger partial charge in [-0.25, -0.2) is 0 Å². The van der Waals surface area contributed by atoms with Gasteiger partial charge in [0.1, 0.15) is 11.5 Å². The fourth-order valence-electron chi connectivity index (χ4n) is 2.08. The first-order valence-electron chi connectivity index (χ1n) is 6.73. The van der Waals surface area contributed by atoms with Crippen LogP contribution in [0.2, 0.25) is 0 Å². The van der Waals surface area contributed by atoms with E-state index in [4.69, 9.17) is 10.00 Å². The summed E-state index contributed by atoms with van der Waals surface area (Å²) < 4.78 is 5.18. The molecule has 0 saturated heterocycles. The Bertz CT molecular complexity index is 645. The SMILES string of the molecule is COc1ccc(O)c(C(C)NCc2ccc(C#N)cc2)c1. The van der Waals surface area contributed by atoms with Gasteiger partial charge in [-0.05, 0) is 42.8 Å². The number of methoxy groups -OCH3 is 1. The number of hydrogen-bond donors (Lipinski definition) is 2. The number of benzene rings is 2. The van der Waals surface area contributed by atoms with E-state index in [1.165, 1.54) is 0 Å². The van der Waals surface area contributed by atoms with Crippen molar-refractivity contribution in [1.82, 2.24) is 5.32 Å². The molecule has 2 rings (SSSR count). The lowest BCUT2D eigenvalue weighted by Gasteiger charge is -2.16. The van der Waals surface area contributed by atoms with Crippen molar-refractivity contribution in [1.29, 1.82) is 5.26 Å². The molecule has 0 aliphatic heterocycles. The maximum Gasteiger partial charge on any atom is 0.120 e. The number of nitrogens with zero attached hydrogens (tertiary/aromatic N) is 1. The average molecular weight is 282 g/mol. The third kappa shape index (κ3) is 3.74. The molecule has 0 spiro atoms. The minimum Gasteiger partial charge on any atom is -0.508 e. The van der Waals surface area contributed by atoms with Crippen LogP contribution in [0.3, 0.4) is 0 Å². The molecule has 108 valence electrons. The number of hydrogen-bond acceptors (Lipinski definition) is 4. The molecule has 4 heteroatoms. The van der Waals surface area contributed by atoms with E-state index < -0.39 is 0 Å². The van der Waals surface area contributed by atoms with Crippen LogP contribution in [0.4, 0.5) is 0 Å². The fraction of sp³-hybridized carbons (Fsp3) is 0.235. The molecule has 4 nitrogen and oxygen atoms in total. The van der Waals surface area contributed by atoms with Crippen LogP contribution in [0.5, 0.6) is 11.5 Å². The summed E-state index contributed by atoms with van der Waals surface area (Å²) in [6.07, 6.45) is 0. The van der Waals surface area contributed by atoms with E-state index in [9.17, 15) is 5.11 Å². The van der Waals surface area contributed by atoms with Crippen molar-refractivity contribution in [2.24, 2.45) is 0 Å². The zero-order valence-electron chi connectivity index (χ0n) is 12.1. The maximum atomic E-state index is 9.93. The molecule has 0 amide bonds. The Labute approximate surface area is 124 Å². The van der Waals surface area contributed by atoms with Crippen LogP contribution in [0, 0.1) is 11.3 Å². The molecule has 0 saturated carbocycles. The lowest BCUT2D eigenvalue weighted by molar-refractivity contribution is 0.407. The Kier molecular flexibility index (Phi) is 4.81. The van der Waals surface area contributed by atoms with Crippen LogP contribution in [0.25, 0.3) is 0 Å². The monoisotopic (exact) mass is 282 g/mol. The van der Waals surface area contributed by atoms with E-state index in [2.05, 4.69) is 11.4 Å². The topological polar surface area (TPSA) is 65.3 Å². The molecule has 0 aliphatic carbocycles. The first-order valence-corrected chi connectivity index (χ1v) is 6.73. The highest BCUT2D eigenvalue weighted by atomic mass is 16.5. The van der Waals surface area contributed by atoms with Crippen molar-refractivity contribution in [3.05, 3.63) is 59.2 Å².